The van der Waals surface area contributed by atoms with Crippen molar-refractivity contribution in [1.29, 1.82) is 0 Å². The van der Waals surface area contributed by atoms with E-state index in [1.54, 1.807) is 17.0 Å². The van der Waals surface area contributed by atoms with Crippen molar-refractivity contribution in [2.75, 3.05) is 34.2 Å². The van der Waals surface area contributed by atoms with Gasteiger partial charge in [-0.15, -0.1) is 0 Å². The van der Waals surface area contributed by atoms with Gasteiger partial charge in [0, 0.05) is 46.7 Å². The number of hydrogen-bond acceptors (Lipinski definition) is 6. The number of aliphatic imine (C=N–C) groups is 1. The smallest absolute Gasteiger partial charge is 0.471 e. The normalized spacial score (nSPS) is 13.0. The number of guanidine groups is 1. The fourth-order valence-electron chi connectivity index (χ4n) is 3.66. The van der Waals surface area contributed by atoms with Gasteiger partial charge in [0.05, 0.1) is 17.6 Å². The molecule has 1 aromatic carbocycles. The van der Waals surface area contributed by atoms with E-state index in [0.29, 0.717) is 23.6 Å². The minimum absolute atomic E-state index is 0.00374. The molecule has 0 spiro atoms. The Labute approximate surface area is 238 Å². The second kappa shape index (κ2) is 15.0. The van der Waals surface area contributed by atoms with Crippen LogP contribution in [0.3, 0.4) is 0 Å². The molecule has 228 valence electrons. The van der Waals surface area contributed by atoms with E-state index in [-0.39, 0.29) is 29.5 Å². The Hall–Kier alpha value is -4.23. The van der Waals surface area contributed by atoms with Gasteiger partial charge in [-0.3, -0.25) is 9.69 Å². The molecule has 41 heavy (non-hydrogen) atoms. The van der Waals surface area contributed by atoms with Crippen molar-refractivity contribution in [2.24, 2.45) is 10.7 Å². The van der Waals surface area contributed by atoms with Gasteiger partial charge in [0.25, 0.3) is 0 Å². The average molecular weight is 585 g/mol. The van der Waals surface area contributed by atoms with Crippen LogP contribution in [0.2, 0.25) is 0 Å². The predicted molar refractivity (Wildman–Crippen MR) is 149 cm³/mol. The molecule has 0 unspecified atom stereocenters. The van der Waals surface area contributed by atoms with Crippen molar-refractivity contribution in [2.45, 2.75) is 52.4 Å². The van der Waals surface area contributed by atoms with Gasteiger partial charge >= 0.3 is 24.1 Å². The molecule has 0 aliphatic rings. The number of ether oxygens (including phenoxy) is 1. The average Bonchev–Trinajstić information content (AvgIpc) is 2.89. The molecule has 11 nitrogen and oxygen atoms in total. The molecule has 1 atom stereocenters. The third kappa shape index (κ3) is 9.72. The predicted octanol–water partition coefficient (Wildman–Crippen LogP) is 3.49. The SMILES string of the molecule is C=C(/C(=C\N=C(N)N(CC)CC)N(C(=O)C(F)(F)F)C(C)C)N(C)[C@@H](Cc1ccc(OC(=O)N(C)C)cc1)C(=O)O. The molecule has 2 amide bonds. The summed E-state index contributed by atoms with van der Waals surface area (Å²) in [6.07, 6.45) is -4.92. The van der Waals surface area contributed by atoms with Crippen molar-refractivity contribution < 1.29 is 37.4 Å². The quantitative estimate of drug-likeness (QED) is 0.217. The van der Waals surface area contributed by atoms with Crippen LogP contribution in [0, 0.1) is 0 Å². The van der Waals surface area contributed by atoms with E-state index in [9.17, 15) is 32.7 Å². The number of nitrogens with zero attached hydrogens (tertiary/aromatic N) is 5. The maximum absolute atomic E-state index is 13.6. The third-order valence-electron chi connectivity index (χ3n) is 6.04. The molecule has 0 saturated heterocycles. The molecule has 14 heteroatoms. The van der Waals surface area contributed by atoms with E-state index in [4.69, 9.17) is 10.5 Å². The Kier molecular flexibility index (Phi) is 12.7. The van der Waals surface area contributed by atoms with Crippen LogP contribution in [0.5, 0.6) is 5.75 Å². The van der Waals surface area contributed by atoms with E-state index < -0.39 is 36.2 Å². The number of carbonyl (C=O) groups excluding carboxylic acids is 2. The standard InChI is InChI=1S/C27H39F3N6O5/c1-9-35(10-2)25(31)32-16-22(36(17(3)4)24(39)27(28,29)30)18(5)34(8)21(23(37)38)15-19-11-13-20(14-12-19)41-26(40)33(6)7/h11-14,16-17,21H,5,9-10,15H2,1-4,6-8H3,(H2,31,32)(H,37,38)/b22-16+/t21-/m0/s1. The van der Waals surface area contributed by atoms with Crippen LogP contribution in [0.25, 0.3) is 0 Å². The lowest BCUT2D eigenvalue weighted by atomic mass is 10.0. The highest BCUT2D eigenvalue weighted by atomic mass is 19.4. The van der Waals surface area contributed by atoms with Crippen LogP contribution in [0.4, 0.5) is 18.0 Å². The number of rotatable bonds is 12. The highest BCUT2D eigenvalue weighted by molar-refractivity contribution is 5.85. The zero-order valence-electron chi connectivity index (χ0n) is 24.4. The summed E-state index contributed by atoms with van der Waals surface area (Å²) < 4.78 is 45.9. The van der Waals surface area contributed by atoms with E-state index in [1.165, 1.54) is 52.0 Å². The lowest BCUT2D eigenvalue weighted by Gasteiger charge is -2.36. The summed E-state index contributed by atoms with van der Waals surface area (Å²) in [7, 11) is 4.38. The second-order valence-electron chi connectivity index (χ2n) is 9.46. The maximum Gasteiger partial charge on any atom is 0.471 e. The number of aliphatic carboxylic acids is 1. The number of likely N-dealkylation sites (N-methyl/N-ethyl adjacent to an activating group) is 1. The molecule has 0 aliphatic carbocycles. The number of hydrogen-bond donors (Lipinski definition) is 2. The zero-order valence-corrected chi connectivity index (χ0v) is 24.4. The first kappa shape index (κ1) is 34.8. The Morgan fingerprint density at radius 1 is 1.10 bits per heavy atom. The number of carbonyl (C=O) groups is 3. The first-order valence-electron chi connectivity index (χ1n) is 12.8. The molecule has 0 saturated carbocycles. The minimum Gasteiger partial charge on any atom is -0.480 e. The van der Waals surface area contributed by atoms with E-state index in [1.807, 2.05) is 13.8 Å². The summed E-state index contributed by atoms with van der Waals surface area (Å²) >= 11 is 0. The largest absolute Gasteiger partial charge is 0.480 e. The van der Waals surface area contributed by atoms with E-state index >= 15 is 0 Å². The van der Waals surface area contributed by atoms with Crippen molar-refractivity contribution in [1.82, 2.24) is 19.6 Å². The van der Waals surface area contributed by atoms with Crippen LogP contribution in [-0.4, -0.2) is 101 Å². The van der Waals surface area contributed by atoms with Gasteiger partial charge < -0.3 is 30.3 Å². The van der Waals surface area contributed by atoms with E-state index in [0.717, 1.165) is 11.1 Å². The van der Waals surface area contributed by atoms with Crippen molar-refractivity contribution >= 4 is 23.9 Å². The van der Waals surface area contributed by atoms with Crippen molar-refractivity contribution in [3.63, 3.8) is 0 Å². The summed E-state index contributed by atoms with van der Waals surface area (Å²) in [5.41, 5.74) is 5.97. The summed E-state index contributed by atoms with van der Waals surface area (Å²) in [5, 5.41) is 10.0. The van der Waals surface area contributed by atoms with Gasteiger partial charge in [-0.05, 0) is 45.4 Å². The number of carboxylic acid groups (broad SMARTS) is 1. The van der Waals surface area contributed by atoms with Gasteiger partial charge in [-0.1, -0.05) is 18.7 Å². The molecular weight excluding hydrogens is 545 g/mol. The Balaban J connectivity index is 3.50. The lowest BCUT2D eigenvalue weighted by molar-refractivity contribution is -0.184. The summed E-state index contributed by atoms with van der Waals surface area (Å²) in [4.78, 5) is 45.1. The highest BCUT2D eigenvalue weighted by Crippen LogP contribution is 2.29. The molecular formula is C27H39F3N6O5. The van der Waals surface area contributed by atoms with Gasteiger partial charge in [0.2, 0.25) is 0 Å². The number of nitrogens with two attached hydrogens (primary N) is 1. The minimum atomic E-state index is -5.22. The number of carboxylic acids is 1. The fraction of sp³-hybridized carbons (Fsp3) is 0.481. The molecule has 1 aromatic rings. The molecule has 0 bridgehead atoms. The molecule has 0 radical (unpaired) electrons. The second-order valence-corrected chi connectivity index (χ2v) is 9.46. The van der Waals surface area contributed by atoms with Crippen LogP contribution in [-0.2, 0) is 16.0 Å². The van der Waals surface area contributed by atoms with Gasteiger partial charge in [0.15, 0.2) is 5.96 Å². The molecule has 0 fully saturated rings. The molecule has 3 N–H and O–H groups in total. The third-order valence-corrected chi connectivity index (χ3v) is 6.04. The van der Waals surface area contributed by atoms with E-state index in [2.05, 4.69) is 11.6 Å². The lowest BCUT2D eigenvalue weighted by Crippen LogP contribution is -2.47. The number of alkyl halides is 3. The number of amides is 2. The zero-order chi connectivity index (χ0) is 31.7. The van der Waals surface area contributed by atoms with Crippen molar-refractivity contribution in [3.8, 4) is 5.75 Å². The Morgan fingerprint density at radius 3 is 2.05 bits per heavy atom. The van der Waals surface area contributed by atoms with Crippen LogP contribution in [0.1, 0.15) is 33.3 Å². The summed E-state index contributed by atoms with van der Waals surface area (Å²) in [5.74, 6) is -3.22. The maximum atomic E-state index is 13.6. The number of halogens is 3. The summed E-state index contributed by atoms with van der Waals surface area (Å²) in [6, 6.07) is 3.80. The van der Waals surface area contributed by atoms with Crippen LogP contribution >= 0.6 is 0 Å². The fourth-order valence-corrected chi connectivity index (χ4v) is 3.66. The van der Waals surface area contributed by atoms with Crippen molar-refractivity contribution in [3.05, 3.63) is 54.0 Å². The van der Waals surface area contributed by atoms with Gasteiger partial charge in [-0.25, -0.2) is 14.6 Å². The highest BCUT2D eigenvalue weighted by Gasteiger charge is 2.45. The molecule has 0 aliphatic heterocycles. The van der Waals surface area contributed by atoms with Crippen LogP contribution < -0.4 is 10.5 Å². The summed E-state index contributed by atoms with van der Waals surface area (Å²) in [6.45, 7) is 11.2. The Bertz CT molecular complexity index is 1150. The molecule has 1 rings (SSSR count). The molecule has 0 heterocycles. The first-order chi connectivity index (χ1) is 19.0. The van der Waals surface area contributed by atoms with Crippen LogP contribution in [0.15, 0.2) is 53.4 Å². The topological polar surface area (TPSA) is 132 Å². The number of benzene rings is 1. The van der Waals surface area contributed by atoms with Gasteiger partial charge in [0.1, 0.15) is 11.8 Å². The molecule has 0 aromatic heterocycles. The monoisotopic (exact) mass is 584 g/mol. The Morgan fingerprint density at radius 2 is 1.63 bits per heavy atom. The first-order valence-corrected chi connectivity index (χ1v) is 12.8. The van der Waals surface area contributed by atoms with Gasteiger partial charge in [-0.2, -0.15) is 13.2 Å².